The number of aryl methyl sites for hydroxylation is 2. The Morgan fingerprint density at radius 2 is 1.91 bits per heavy atom. The molecule has 0 atom stereocenters. The van der Waals surface area contributed by atoms with Gasteiger partial charge in [0.1, 0.15) is 0 Å². The van der Waals surface area contributed by atoms with Crippen LogP contribution in [0.2, 0.25) is 0 Å². The molecule has 0 radical (unpaired) electrons. The Hall–Kier alpha value is -2.68. The van der Waals surface area contributed by atoms with E-state index in [4.69, 9.17) is 0 Å². The molecule has 0 aliphatic heterocycles. The van der Waals surface area contributed by atoms with Crippen molar-refractivity contribution < 1.29 is 9.90 Å². The molecule has 0 fully saturated rings. The van der Waals surface area contributed by atoms with Gasteiger partial charge in [0.2, 0.25) is 0 Å². The second-order valence-corrected chi connectivity index (χ2v) is 5.38. The van der Waals surface area contributed by atoms with Gasteiger partial charge in [0, 0.05) is 10.9 Å². The highest BCUT2D eigenvalue weighted by atomic mass is 16.4. The van der Waals surface area contributed by atoms with Crippen LogP contribution < -0.4 is 0 Å². The van der Waals surface area contributed by atoms with E-state index in [1.807, 2.05) is 49.4 Å². The number of hydrogen-bond acceptors (Lipinski definition) is 2. The lowest BCUT2D eigenvalue weighted by molar-refractivity contribution is 0.0699. The molecular weight excluding hydrogens is 274 g/mol. The molecule has 0 saturated carbocycles. The van der Waals surface area contributed by atoms with E-state index in [2.05, 4.69) is 11.9 Å². The molecular formula is C19H17NO2. The molecule has 0 spiro atoms. The van der Waals surface area contributed by atoms with Crippen LogP contribution in [-0.4, -0.2) is 16.1 Å². The average molecular weight is 291 g/mol. The molecule has 1 N–H and O–H groups in total. The molecule has 22 heavy (non-hydrogen) atoms. The molecule has 0 aliphatic carbocycles. The number of benzene rings is 2. The Morgan fingerprint density at radius 3 is 2.59 bits per heavy atom. The number of rotatable bonds is 3. The van der Waals surface area contributed by atoms with Crippen LogP contribution in [0.5, 0.6) is 0 Å². The van der Waals surface area contributed by atoms with Crippen molar-refractivity contribution in [2.24, 2.45) is 0 Å². The Kier molecular flexibility index (Phi) is 3.63. The normalized spacial score (nSPS) is 10.8. The summed E-state index contributed by atoms with van der Waals surface area (Å²) < 4.78 is 0. The first-order valence-electron chi connectivity index (χ1n) is 7.33. The highest BCUT2D eigenvalue weighted by Gasteiger charge is 2.14. The Labute approximate surface area is 129 Å². The number of aromatic nitrogens is 1. The SMILES string of the molecule is CCc1ccc2nc(-c3ccccc3C)cc(C(=O)O)c2c1. The molecule has 1 heterocycles. The summed E-state index contributed by atoms with van der Waals surface area (Å²) in [5.74, 6) is -0.921. The molecule has 1 aromatic heterocycles. The summed E-state index contributed by atoms with van der Waals surface area (Å²) in [5, 5.41) is 10.3. The number of carboxylic acid groups (broad SMARTS) is 1. The summed E-state index contributed by atoms with van der Waals surface area (Å²) in [7, 11) is 0. The first-order valence-corrected chi connectivity index (χ1v) is 7.33. The summed E-state index contributed by atoms with van der Waals surface area (Å²) in [4.78, 5) is 16.3. The zero-order valence-corrected chi connectivity index (χ0v) is 12.6. The lowest BCUT2D eigenvalue weighted by Crippen LogP contribution is -2.01. The number of hydrogen-bond donors (Lipinski definition) is 1. The van der Waals surface area contributed by atoms with Crippen LogP contribution in [0.3, 0.4) is 0 Å². The highest BCUT2D eigenvalue weighted by Crippen LogP contribution is 2.27. The van der Waals surface area contributed by atoms with Crippen molar-refractivity contribution >= 4 is 16.9 Å². The molecule has 2 aromatic carbocycles. The second-order valence-electron chi connectivity index (χ2n) is 5.38. The maximum atomic E-state index is 11.7. The Bertz CT molecular complexity index is 868. The van der Waals surface area contributed by atoms with Gasteiger partial charge in [0.25, 0.3) is 0 Å². The maximum absolute atomic E-state index is 11.7. The number of carboxylic acids is 1. The molecule has 3 rings (SSSR count). The van der Waals surface area contributed by atoms with Gasteiger partial charge in [0.15, 0.2) is 0 Å². The third-order valence-corrected chi connectivity index (χ3v) is 3.93. The highest BCUT2D eigenvalue weighted by molar-refractivity contribution is 6.04. The van der Waals surface area contributed by atoms with Gasteiger partial charge in [0.05, 0.1) is 16.8 Å². The van der Waals surface area contributed by atoms with Crippen LogP contribution in [0.1, 0.15) is 28.4 Å². The minimum absolute atomic E-state index is 0.304. The van der Waals surface area contributed by atoms with E-state index >= 15 is 0 Å². The quantitative estimate of drug-likeness (QED) is 0.774. The third-order valence-electron chi connectivity index (χ3n) is 3.93. The lowest BCUT2D eigenvalue weighted by atomic mass is 9.99. The molecule has 0 bridgehead atoms. The van der Waals surface area contributed by atoms with Crippen molar-refractivity contribution in [3.05, 3.63) is 65.2 Å². The van der Waals surface area contributed by atoms with Crippen LogP contribution in [0, 0.1) is 6.92 Å². The van der Waals surface area contributed by atoms with Gasteiger partial charge in [-0.3, -0.25) is 0 Å². The van der Waals surface area contributed by atoms with Crippen molar-refractivity contribution in [3.63, 3.8) is 0 Å². The Balaban J connectivity index is 2.31. The number of aromatic carboxylic acids is 1. The van der Waals surface area contributed by atoms with E-state index in [1.165, 1.54) is 0 Å². The molecule has 110 valence electrons. The largest absolute Gasteiger partial charge is 0.478 e. The number of carbonyl (C=O) groups is 1. The zero-order chi connectivity index (χ0) is 15.7. The molecule has 0 aliphatic rings. The fraction of sp³-hybridized carbons (Fsp3) is 0.158. The first kappa shape index (κ1) is 14.3. The van der Waals surface area contributed by atoms with Crippen LogP contribution >= 0.6 is 0 Å². The van der Waals surface area contributed by atoms with Crippen molar-refractivity contribution in [2.75, 3.05) is 0 Å². The fourth-order valence-corrected chi connectivity index (χ4v) is 2.67. The van der Waals surface area contributed by atoms with Gasteiger partial charge in [-0.2, -0.15) is 0 Å². The van der Waals surface area contributed by atoms with Gasteiger partial charge >= 0.3 is 5.97 Å². The Morgan fingerprint density at radius 1 is 1.14 bits per heavy atom. The topological polar surface area (TPSA) is 50.2 Å². The summed E-state index contributed by atoms with van der Waals surface area (Å²) in [6.45, 7) is 4.05. The third kappa shape index (κ3) is 2.46. The summed E-state index contributed by atoms with van der Waals surface area (Å²) in [6, 6.07) is 15.4. The fourth-order valence-electron chi connectivity index (χ4n) is 2.67. The van der Waals surface area contributed by atoms with E-state index < -0.39 is 5.97 Å². The molecule has 0 amide bonds. The first-order chi connectivity index (χ1) is 10.6. The van der Waals surface area contributed by atoms with E-state index in [0.29, 0.717) is 16.6 Å². The maximum Gasteiger partial charge on any atom is 0.336 e. The summed E-state index contributed by atoms with van der Waals surface area (Å²) in [5.41, 5.74) is 4.88. The van der Waals surface area contributed by atoms with Gasteiger partial charge in [-0.15, -0.1) is 0 Å². The van der Waals surface area contributed by atoms with Crippen molar-refractivity contribution in [1.82, 2.24) is 4.98 Å². The molecule has 0 saturated heterocycles. The molecule has 3 heteroatoms. The van der Waals surface area contributed by atoms with Crippen molar-refractivity contribution in [3.8, 4) is 11.3 Å². The number of pyridine rings is 1. The van der Waals surface area contributed by atoms with Crippen LogP contribution in [0.15, 0.2) is 48.5 Å². The van der Waals surface area contributed by atoms with E-state index in [1.54, 1.807) is 6.07 Å². The smallest absolute Gasteiger partial charge is 0.336 e. The van der Waals surface area contributed by atoms with Gasteiger partial charge < -0.3 is 5.11 Å². The summed E-state index contributed by atoms with van der Waals surface area (Å²) >= 11 is 0. The van der Waals surface area contributed by atoms with Crippen LogP contribution in [0.4, 0.5) is 0 Å². The zero-order valence-electron chi connectivity index (χ0n) is 12.6. The average Bonchev–Trinajstić information content (AvgIpc) is 2.53. The van der Waals surface area contributed by atoms with E-state index in [9.17, 15) is 9.90 Å². The minimum atomic E-state index is -0.921. The predicted molar refractivity (Wildman–Crippen MR) is 88.3 cm³/mol. The lowest BCUT2D eigenvalue weighted by Gasteiger charge is -2.10. The molecule has 3 aromatic rings. The summed E-state index contributed by atoms with van der Waals surface area (Å²) in [6.07, 6.45) is 0.870. The molecule has 0 unspecified atom stereocenters. The monoisotopic (exact) mass is 291 g/mol. The van der Waals surface area contributed by atoms with Gasteiger partial charge in [-0.25, -0.2) is 9.78 Å². The van der Waals surface area contributed by atoms with Gasteiger partial charge in [-0.05, 0) is 42.7 Å². The number of fused-ring (bicyclic) bond motifs is 1. The molecule has 3 nitrogen and oxygen atoms in total. The van der Waals surface area contributed by atoms with E-state index in [-0.39, 0.29) is 0 Å². The predicted octanol–water partition coefficient (Wildman–Crippen LogP) is 4.47. The second kappa shape index (κ2) is 5.60. The van der Waals surface area contributed by atoms with Crippen LogP contribution in [-0.2, 0) is 6.42 Å². The van der Waals surface area contributed by atoms with Crippen LogP contribution in [0.25, 0.3) is 22.2 Å². The van der Waals surface area contributed by atoms with E-state index in [0.717, 1.165) is 28.6 Å². The van der Waals surface area contributed by atoms with Crippen molar-refractivity contribution in [2.45, 2.75) is 20.3 Å². The van der Waals surface area contributed by atoms with Crippen molar-refractivity contribution in [1.29, 1.82) is 0 Å². The van der Waals surface area contributed by atoms with Gasteiger partial charge in [-0.1, -0.05) is 37.3 Å². The standard InChI is InChI=1S/C19H17NO2/c1-3-13-8-9-17-15(10-13)16(19(21)22)11-18(20-17)14-7-5-4-6-12(14)2/h4-11H,3H2,1-2H3,(H,21,22). The minimum Gasteiger partial charge on any atom is -0.478 e. The number of nitrogens with zero attached hydrogens (tertiary/aromatic N) is 1.